The Morgan fingerprint density at radius 3 is 0.976 bits per heavy atom. The van der Waals surface area contributed by atoms with Crippen molar-refractivity contribution in [3.8, 4) is 0 Å². The molecule has 0 fully saturated rings. The summed E-state index contributed by atoms with van der Waals surface area (Å²) in [5, 5.41) is 9.75. The van der Waals surface area contributed by atoms with Gasteiger partial charge in [0, 0.05) is 12.8 Å². The number of carboxylic acids is 1. The quantitative estimate of drug-likeness (QED) is 0.0211. The normalized spacial score (nSPS) is 12.9. The van der Waals surface area contributed by atoms with Crippen LogP contribution in [0, 0.1) is 0 Å². The second-order valence-corrected chi connectivity index (χ2v) is 25.5. The number of carboxylic acid groups (broad SMARTS) is 1. The monoisotopic (exact) mass is 1170 g/mol. The average molecular weight is 1170 g/mol. The Bertz CT molecular complexity index is 1500. The molecule has 0 radical (unpaired) electrons. The lowest BCUT2D eigenvalue weighted by Crippen LogP contribution is -2.40. The number of esters is 2. The van der Waals surface area contributed by atoms with Gasteiger partial charge in [0.2, 0.25) is 0 Å². The van der Waals surface area contributed by atoms with Crippen molar-refractivity contribution in [3.05, 3.63) is 48.6 Å². The predicted molar refractivity (Wildman–Crippen MR) is 355 cm³/mol. The number of allylic oxidation sites excluding steroid dienone is 8. The minimum atomic E-state index is -1.51. The molecule has 0 amide bonds. The Kier molecular flexibility index (Phi) is 63.1. The SMILES string of the molecule is CCCCCCC/C=C\C/C=C\C/C=C\CCCCCCCCCCCCCCCCC(=O)OC(COC(=O)CCCCCCCCCCCCCCCCCCC/C=C\CCCCCCCCCC)COC(OCC[N+](C)(C)C)C(=O)O. The largest absolute Gasteiger partial charge is 0.477 e. The van der Waals surface area contributed by atoms with Crippen molar-refractivity contribution in [2.45, 2.75) is 360 Å². The minimum absolute atomic E-state index is 0.179. The van der Waals surface area contributed by atoms with Crippen molar-refractivity contribution in [1.29, 1.82) is 0 Å². The van der Waals surface area contributed by atoms with Crippen molar-refractivity contribution in [1.82, 2.24) is 0 Å². The Balaban J connectivity index is 4.08. The molecule has 83 heavy (non-hydrogen) atoms. The van der Waals surface area contributed by atoms with Gasteiger partial charge in [-0.2, -0.15) is 0 Å². The van der Waals surface area contributed by atoms with Crippen LogP contribution < -0.4 is 0 Å². The first-order valence-corrected chi connectivity index (χ1v) is 35.8. The van der Waals surface area contributed by atoms with E-state index in [-0.39, 0.29) is 38.2 Å². The first-order chi connectivity index (χ1) is 40.6. The van der Waals surface area contributed by atoms with Crippen LogP contribution in [0.15, 0.2) is 48.6 Å². The highest BCUT2D eigenvalue weighted by molar-refractivity contribution is 5.71. The van der Waals surface area contributed by atoms with Gasteiger partial charge < -0.3 is 28.5 Å². The zero-order chi connectivity index (χ0) is 60.5. The van der Waals surface area contributed by atoms with E-state index in [4.69, 9.17) is 18.9 Å². The molecule has 0 bridgehead atoms. The number of rotatable bonds is 67. The van der Waals surface area contributed by atoms with Crippen molar-refractivity contribution in [3.63, 3.8) is 0 Å². The molecule has 0 aromatic heterocycles. The molecule has 0 aliphatic rings. The van der Waals surface area contributed by atoms with Gasteiger partial charge >= 0.3 is 17.9 Å². The number of carbonyl (C=O) groups excluding carboxylic acids is 2. The van der Waals surface area contributed by atoms with Crippen molar-refractivity contribution < 1.29 is 42.9 Å². The maximum Gasteiger partial charge on any atom is 0.361 e. The zero-order valence-corrected chi connectivity index (χ0v) is 55.6. The van der Waals surface area contributed by atoms with Gasteiger partial charge in [0.25, 0.3) is 6.29 Å². The predicted octanol–water partition coefficient (Wildman–Crippen LogP) is 22.1. The van der Waals surface area contributed by atoms with Gasteiger partial charge in [-0.15, -0.1) is 0 Å². The second-order valence-electron chi connectivity index (χ2n) is 25.5. The number of quaternary nitrogens is 1. The standard InChI is InChI=1S/C74H137NO8/c1-6-8-10-12-14-16-18-20-22-24-26-28-30-32-34-36-38-40-42-44-46-48-50-52-54-56-58-60-62-64-71(76)81-68-70(69-82-74(73(78)79)80-67-66-75(3,4)5)83-72(77)65-63-61-59-57-55-53-51-49-47-45-43-41-39-37-35-33-31-29-27-25-23-21-19-17-15-13-11-9-7-2/h19,21,24-27,31,33,70,74H,6-18,20,22-23,28-30,32,34-69H2,1-5H3/p+1/b21-19-,26-24-,27-25-,33-31-. The Morgan fingerprint density at radius 2 is 0.651 bits per heavy atom. The van der Waals surface area contributed by atoms with Crippen LogP contribution in [0.1, 0.15) is 348 Å². The van der Waals surface area contributed by atoms with E-state index in [0.717, 1.165) is 51.4 Å². The molecular weight excluding hydrogens is 1030 g/mol. The summed E-state index contributed by atoms with van der Waals surface area (Å²) in [5.41, 5.74) is 0. The van der Waals surface area contributed by atoms with E-state index in [2.05, 4.69) is 62.5 Å². The Labute approximate surface area is 514 Å². The third-order valence-electron chi connectivity index (χ3n) is 16.1. The summed E-state index contributed by atoms with van der Waals surface area (Å²) in [6.45, 7) is 4.92. The molecule has 0 saturated heterocycles. The van der Waals surface area contributed by atoms with Gasteiger partial charge in [-0.25, -0.2) is 4.79 Å². The number of carbonyl (C=O) groups is 3. The summed E-state index contributed by atoms with van der Waals surface area (Å²) >= 11 is 0. The van der Waals surface area contributed by atoms with E-state index in [1.165, 1.54) is 270 Å². The molecule has 1 N–H and O–H groups in total. The van der Waals surface area contributed by atoms with Crippen LogP contribution >= 0.6 is 0 Å². The molecule has 0 aromatic rings. The van der Waals surface area contributed by atoms with Crippen LogP contribution in [0.25, 0.3) is 0 Å². The summed E-state index contributed by atoms with van der Waals surface area (Å²) < 4.78 is 23.0. The summed E-state index contributed by atoms with van der Waals surface area (Å²) in [7, 11) is 5.99. The highest BCUT2D eigenvalue weighted by atomic mass is 16.7. The van der Waals surface area contributed by atoms with Gasteiger partial charge in [-0.1, -0.05) is 306 Å². The lowest BCUT2D eigenvalue weighted by atomic mass is 10.0. The summed E-state index contributed by atoms with van der Waals surface area (Å²) in [4.78, 5) is 37.6. The Morgan fingerprint density at radius 1 is 0.361 bits per heavy atom. The van der Waals surface area contributed by atoms with Crippen LogP contribution in [-0.4, -0.2) is 87.4 Å². The minimum Gasteiger partial charge on any atom is -0.477 e. The van der Waals surface area contributed by atoms with Crippen LogP contribution in [0.2, 0.25) is 0 Å². The van der Waals surface area contributed by atoms with Gasteiger partial charge in [-0.05, 0) is 77.0 Å². The molecular formula is C74H138NO8+. The number of aliphatic carboxylic acids is 1. The molecule has 0 heterocycles. The first kappa shape index (κ1) is 80.2. The van der Waals surface area contributed by atoms with Gasteiger partial charge in [0.15, 0.2) is 6.10 Å². The molecule has 0 aliphatic heterocycles. The summed E-state index contributed by atoms with van der Waals surface area (Å²) in [6, 6.07) is 0. The third-order valence-corrected chi connectivity index (χ3v) is 16.1. The number of nitrogens with zero attached hydrogens (tertiary/aromatic N) is 1. The molecule has 9 heteroatoms. The molecule has 0 aromatic carbocycles. The fourth-order valence-corrected chi connectivity index (χ4v) is 10.5. The highest BCUT2D eigenvalue weighted by Gasteiger charge is 2.25. The number of unbranched alkanes of at least 4 members (excludes halogenated alkanes) is 44. The number of likely N-dealkylation sites (N-methyl/N-ethyl adjacent to an activating group) is 1. The van der Waals surface area contributed by atoms with Crippen LogP contribution in [0.5, 0.6) is 0 Å². The average Bonchev–Trinajstić information content (AvgIpc) is 3.46. The molecule has 0 aliphatic carbocycles. The van der Waals surface area contributed by atoms with Gasteiger partial charge in [0.1, 0.15) is 13.2 Å². The second kappa shape index (κ2) is 65.2. The van der Waals surface area contributed by atoms with E-state index in [1.807, 2.05) is 21.1 Å². The van der Waals surface area contributed by atoms with Gasteiger partial charge in [-0.3, -0.25) is 9.59 Å². The van der Waals surface area contributed by atoms with Crippen LogP contribution in [0.4, 0.5) is 0 Å². The molecule has 2 unspecified atom stereocenters. The maximum atomic E-state index is 12.9. The van der Waals surface area contributed by atoms with E-state index >= 15 is 0 Å². The van der Waals surface area contributed by atoms with Crippen molar-refractivity contribution >= 4 is 17.9 Å². The van der Waals surface area contributed by atoms with Gasteiger partial charge in [0.05, 0.1) is 34.4 Å². The molecule has 486 valence electrons. The molecule has 0 spiro atoms. The smallest absolute Gasteiger partial charge is 0.361 e. The number of ether oxygens (including phenoxy) is 4. The van der Waals surface area contributed by atoms with Crippen molar-refractivity contribution in [2.24, 2.45) is 0 Å². The topological polar surface area (TPSA) is 108 Å². The third kappa shape index (κ3) is 66.6. The molecule has 0 saturated carbocycles. The van der Waals surface area contributed by atoms with E-state index in [1.54, 1.807) is 0 Å². The molecule has 0 rings (SSSR count). The van der Waals surface area contributed by atoms with E-state index in [9.17, 15) is 19.5 Å². The fraction of sp³-hybridized carbons (Fsp3) is 0.851. The highest BCUT2D eigenvalue weighted by Crippen LogP contribution is 2.18. The summed E-state index contributed by atoms with van der Waals surface area (Å²) in [6.07, 6.45) is 80.8. The van der Waals surface area contributed by atoms with E-state index < -0.39 is 18.4 Å². The first-order valence-electron chi connectivity index (χ1n) is 35.8. The summed E-state index contributed by atoms with van der Waals surface area (Å²) in [5.74, 6) is -1.98. The lowest BCUT2D eigenvalue weighted by Gasteiger charge is -2.25. The zero-order valence-electron chi connectivity index (χ0n) is 55.6. The van der Waals surface area contributed by atoms with E-state index in [0.29, 0.717) is 17.4 Å². The Hall–Kier alpha value is -2.75. The lowest BCUT2D eigenvalue weighted by molar-refractivity contribution is -0.870. The molecule has 9 nitrogen and oxygen atoms in total. The molecule has 2 atom stereocenters. The fourth-order valence-electron chi connectivity index (χ4n) is 10.5. The number of hydrogen-bond donors (Lipinski definition) is 1. The number of hydrogen-bond acceptors (Lipinski definition) is 7. The van der Waals surface area contributed by atoms with Crippen LogP contribution in [0.3, 0.4) is 0 Å². The maximum absolute atomic E-state index is 12.9. The van der Waals surface area contributed by atoms with Crippen molar-refractivity contribution in [2.75, 3.05) is 47.5 Å². The van der Waals surface area contributed by atoms with Crippen LogP contribution in [-0.2, 0) is 33.3 Å².